The van der Waals surface area contributed by atoms with Crippen molar-refractivity contribution in [1.29, 1.82) is 0 Å². The second kappa shape index (κ2) is 7.20. The second-order valence-electron chi connectivity index (χ2n) is 1.72. The first-order chi connectivity index (χ1) is 5.27. The molecule has 5 N–H and O–H groups in total. The van der Waals surface area contributed by atoms with E-state index in [1.54, 1.807) is 0 Å². The summed E-state index contributed by atoms with van der Waals surface area (Å²) in [4.78, 5) is 31.5. The third kappa shape index (κ3) is 55.5. The summed E-state index contributed by atoms with van der Waals surface area (Å²) in [6, 6.07) is 0. The zero-order valence-corrected chi connectivity index (χ0v) is 7.36. The first-order valence-electron chi connectivity index (χ1n) is 2.91. The fourth-order valence-electron chi connectivity index (χ4n) is 0.232. The number of hydrogen-bond donors (Lipinski definition) is 5. The number of hydrogen-bond acceptors (Lipinski definition) is 3. The molecular formula is C4H12NO6P. The van der Waals surface area contributed by atoms with Crippen molar-refractivity contribution in [3.63, 3.8) is 0 Å². The Kier molecular flexibility index (Phi) is 8.46. The summed E-state index contributed by atoms with van der Waals surface area (Å²) in [5, 5.41) is 10.5. The van der Waals surface area contributed by atoms with E-state index in [4.69, 9.17) is 24.4 Å². The molecule has 0 spiro atoms. The van der Waals surface area contributed by atoms with Gasteiger partial charge in [-0.05, 0) is 0 Å². The Morgan fingerprint density at radius 1 is 1.42 bits per heavy atom. The van der Waals surface area contributed by atoms with Crippen LogP contribution in [0, 0.1) is 0 Å². The van der Waals surface area contributed by atoms with Crippen molar-refractivity contribution in [1.82, 2.24) is 5.32 Å². The lowest BCUT2D eigenvalue weighted by Crippen LogP contribution is -2.22. The van der Waals surface area contributed by atoms with Crippen LogP contribution in [-0.2, 0) is 9.36 Å². The Hall–Kier alpha value is -0.460. The number of amides is 1. The zero-order valence-electron chi connectivity index (χ0n) is 6.47. The smallest absolute Gasteiger partial charge is 0.395 e. The van der Waals surface area contributed by atoms with Gasteiger partial charge in [-0.2, -0.15) is 0 Å². The van der Waals surface area contributed by atoms with E-state index < -0.39 is 7.82 Å². The van der Waals surface area contributed by atoms with Gasteiger partial charge in [0, 0.05) is 13.5 Å². The molecule has 0 heterocycles. The van der Waals surface area contributed by atoms with Crippen LogP contribution in [0.15, 0.2) is 0 Å². The Balaban J connectivity index is 0. The summed E-state index contributed by atoms with van der Waals surface area (Å²) in [6.07, 6.45) is 0. The standard InChI is InChI=1S/C4H9NO2.H3O4P/c1-4(7)5-2-3-6;1-5(2,3)4/h6H,2-3H2,1H3,(H,5,7);(H3,1,2,3,4). The quantitative estimate of drug-likeness (QED) is 0.335. The highest BCUT2D eigenvalue weighted by molar-refractivity contribution is 7.45. The molecule has 0 aromatic heterocycles. The van der Waals surface area contributed by atoms with Crippen LogP contribution in [0.5, 0.6) is 0 Å². The lowest BCUT2D eigenvalue weighted by Gasteiger charge is -1.93. The van der Waals surface area contributed by atoms with Crippen LogP contribution in [0.2, 0.25) is 0 Å². The molecule has 0 aromatic carbocycles. The monoisotopic (exact) mass is 201 g/mol. The van der Waals surface area contributed by atoms with Crippen LogP contribution in [-0.4, -0.2) is 38.8 Å². The van der Waals surface area contributed by atoms with Crippen molar-refractivity contribution in [2.45, 2.75) is 6.92 Å². The highest BCUT2D eigenvalue weighted by Crippen LogP contribution is 2.25. The van der Waals surface area contributed by atoms with Crippen molar-refractivity contribution < 1.29 is 29.1 Å². The molecule has 74 valence electrons. The van der Waals surface area contributed by atoms with Gasteiger partial charge in [0.05, 0.1) is 6.61 Å². The van der Waals surface area contributed by atoms with Crippen molar-refractivity contribution in [3.8, 4) is 0 Å². The molecule has 0 aromatic rings. The van der Waals surface area contributed by atoms with E-state index in [9.17, 15) is 4.79 Å². The highest BCUT2D eigenvalue weighted by atomic mass is 31.2. The Morgan fingerprint density at radius 3 is 1.83 bits per heavy atom. The fourth-order valence-corrected chi connectivity index (χ4v) is 0.232. The summed E-state index contributed by atoms with van der Waals surface area (Å²) in [7, 11) is -4.64. The maximum Gasteiger partial charge on any atom is 0.466 e. The van der Waals surface area contributed by atoms with E-state index in [0.717, 1.165) is 0 Å². The van der Waals surface area contributed by atoms with Gasteiger partial charge in [0.25, 0.3) is 0 Å². The van der Waals surface area contributed by atoms with E-state index in [0.29, 0.717) is 6.54 Å². The largest absolute Gasteiger partial charge is 0.466 e. The van der Waals surface area contributed by atoms with Gasteiger partial charge >= 0.3 is 7.82 Å². The fraction of sp³-hybridized carbons (Fsp3) is 0.750. The summed E-state index contributed by atoms with van der Waals surface area (Å²) in [6.45, 7) is 1.78. The molecule has 0 bridgehead atoms. The topological polar surface area (TPSA) is 127 Å². The van der Waals surface area contributed by atoms with Gasteiger partial charge < -0.3 is 25.1 Å². The predicted molar refractivity (Wildman–Crippen MR) is 40.0 cm³/mol. The minimum absolute atomic E-state index is 0.0135. The first-order valence-corrected chi connectivity index (χ1v) is 4.47. The maximum atomic E-state index is 9.98. The lowest BCUT2D eigenvalue weighted by molar-refractivity contribution is -0.119. The molecule has 7 nitrogen and oxygen atoms in total. The Morgan fingerprint density at radius 2 is 1.75 bits per heavy atom. The van der Waals surface area contributed by atoms with Crippen LogP contribution in [0.4, 0.5) is 0 Å². The molecular weight excluding hydrogens is 189 g/mol. The van der Waals surface area contributed by atoms with Crippen LogP contribution in [0.25, 0.3) is 0 Å². The molecule has 0 saturated carbocycles. The van der Waals surface area contributed by atoms with Gasteiger partial charge in [-0.15, -0.1) is 0 Å². The minimum atomic E-state index is -4.64. The molecule has 0 atom stereocenters. The van der Waals surface area contributed by atoms with Gasteiger partial charge in [0.1, 0.15) is 0 Å². The van der Waals surface area contributed by atoms with E-state index in [1.807, 2.05) is 0 Å². The number of nitrogens with one attached hydrogen (secondary N) is 1. The van der Waals surface area contributed by atoms with Crippen LogP contribution in [0.3, 0.4) is 0 Å². The molecule has 12 heavy (non-hydrogen) atoms. The van der Waals surface area contributed by atoms with Crippen molar-refractivity contribution in [2.75, 3.05) is 13.2 Å². The molecule has 0 aliphatic carbocycles. The molecule has 0 fully saturated rings. The summed E-state index contributed by atoms with van der Waals surface area (Å²) in [5.41, 5.74) is 0. The molecule has 0 aliphatic rings. The van der Waals surface area contributed by atoms with Gasteiger partial charge in [0.15, 0.2) is 0 Å². The number of rotatable bonds is 2. The van der Waals surface area contributed by atoms with Gasteiger partial charge in [-0.3, -0.25) is 4.79 Å². The van der Waals surface area contributed by atoms with Gasteiger partial charge in [-0.1, -0.05) is 0 Å². The lowest BCUT2D eigenvalue weighted by atomic mass is 10.6. The molecule has 0 saturated heterocycles. The molecule has 0 radical (unpaired) electrons. The molecule has 0 rings (SSSR count). The number of phosphoric acid groups is 1. The van der Waals surface area contributed by atoms with Crippen molar-refractivity contribution in [3.05, 3.63) is 0 Å². The molecule has 8 heteroatoms. The van der Waals surface area contributed by atoms with Crippen LogP contribution < -0.4 is 5.32 Å². The molecule has 0 unspecified atom stereocenters. The SMILES string of the molecule is CC(=O)NCCO.O=P(O)(O)O. The normalized spacial score (nSPS) is 9.75. The van der Waals surface area contributed by atoms with Crippen LogP contribution >= 0.6 is 7.82 Å². The summed E-state index contributed by atoms with van der Waals surface area (Å²) in [5.74, 6) is -0.103. The maximum absolute atomic E-state index is 9.98. The minimum Gasteiger partial charge on any atom is -0.395 e. The van der Waals surface area contributed by atoms with E-state index in [1.165, 1.54) is 6.92 Å². The van der Waals surface area contributed by atoms with E-state index in [2.05, 4.69) is 5.32 Å². The van der Waals surface area contributed by atoms with Gasteiger partial charge in [-0.25, -0.2) is 4.57 Å². The Labute approximate surface area is 69.3 Å². The summed E-state index contributed by atoms with van der Waals surface area (Å²) < 4.78 is 8.88. The number of aliphatic hydroxyl groups is 1. The average molecular weight is 201 g/mol. The molecule has 1 amide bonds. The number of carbonyl (C=O) groups is 1. The third-order valence-electron chi connectivity index (χ3n) is 0.486. The first kappa shape index (κ1) is 14.1. The number of carbonyl (C=O) groups excluding carboxylic acids is 1. The van der Waals surface area contributed by atoms with Crippen molar-refractivity contribution >= 4 is 13.7 Å². The number of aliphatic hydroxyl groups excluding tert-OH is 1. The zero-order chi connectivity index (χ0) is 10.2. The van der Waals surface area contributed by atoms with Gasteiger partial charge in [0.2, 0.25) is 5.91 Å². The van der Waals surface area contributed by atoms with Crippen molar-refractivity contribution in [2.24, 2.45) is 0 Å². The third-order valence-corrected chi connectivity index (χ3v) is 0.486. The van der Waals surface area contributed by atoms with E-state index >= 15 is 0 Å². The average Bonchev–Trinajstić information content (AvgIpc) is 1.79. The predicted octanol–water partition coefficient (Wildman–Crippen LogP) is -1.81. The highest BCUT2D eigenvalue weighted by Gasteiger charge is 2.00. The summed E-state index contributed by atoms with van der Waals surface area (Å²) >= 11 is 0. The Bertz CT molecular complexity index is 157. The molecule has 0 aliphatic heterocycles. The second-order valence-corrected chi connectivity index (χ2v) is 2.75. The van der Waals surface area contributed by atoms with Crippen LogP contribution in [0.1, 0.15) is 6.92 Å². The van der Waals surface area contributed by atoms with E-state index in [-0.39, 0.29) is 12.5 Å².